The monoisotopic (exact) mass is 328 g/mol. The summed E-state index contributed by atoms with van der Waals surface area (Å²) in [6.07, 6.45) is 8.36. The van der Waals surface area contributed by atoms with E-state index in [-0.39, 0.29) is 12.5 Å². The number of thioether (sulfide) groups is 1. The van der Waals surface area contributed by atoms with Crippen LogP contribution < -0.4 is 10.6 Å². The number of nitrogens with zero attached hydrogens (tertiary/aromatic N) is 2. The van der Waals surface area contributed by atoms with Gasteiger partial charge in [-0.05, 0) is 37.9 Å². The van der Waals surface area contributed by atoms with Gasteiger partial charge in [0.1, 0.15) is 6.54 Å². The third-order valence-corrected chi connectivity index (χ3v) is 4.85. The zero-order valence-corrected chi connectivity index (χ0v) is 15.3. The second-order valence-electron chi connectivity index (χ2n) is 6.14. The van der Waals surface area contributed by atoms with Crippen LogP contribution in [0.4, 0.5) is 0 Å². The summed E-state index contributed by atoms with van der Waals surface area (Å²) in [6, 6.07) is 0.484. The number of amides is 1. The van der Waals surface area contributed by atoms with Crippen molar-refractivity contribution in [1.29, 1.82) is 0 Å². The number of hydrogen-bond donors (Lipinski definition) is 2. The van der Waals surface area contributed by atoms with Crippen LogP contribution in [-0.4, -0.2) is 62.0 Å². The normalized spacial score (nSPS) is 22.3. The van der Waals surface area contributed by atoms with Gasteiger partial charge >= 0.3 is 0 Å². The number of aliphatic imine (C=N–C) groups is 1. The first-order valence-electron chi connectivity index (χ1n) is 8.30. The molecule has 1 rings (SSSR count). The van der Waals surface area contributed by atoms with Gasteiger partial charge in [-0.15, -0.1) is 0 Å². The lowest BCUT2D eigenvalue weighted by Crippen LogP contribution is -2.46. The van der Waals surface area contributed by atoms with E-state index in [4.69, 9.17) is 0 Å². The lowest BCUT2D eigenvalue weighted by atomic mass is 9.84. The molecule has 128 valence electrons. The number of likely N-dealkylation sites (N-methyl/N-ethyl adjacent to an activating group) is 1. The fraction of sp³-hybridized carbons (Fsp3) is 0.875. The quantitative estimate of drug-likeness (QED) is 0.426. The van der Waals surface area contributed by atoms with E-state index in [1.54, 1.807) is 30.8 Å². The van der Waals surface area contributed by atoms with Crippen LogP contribution in [0.15, 0.2) is 4.99 Å². The second-order valence-corrected chi connectivity index (χ2v) is 7.13. The molecular weight excluding hydrogens is 296 g/mol. The fourth-order valence-corrected chi connectivity index (χ4v) is 2.93. The Morgan fingerprint density at radius 1 is 1.27 bits per heavy atom. The highest BCUT2D eigenvalue weighted by atomic mass is 32.2. The molecule has 0 aromatic rings. The topological polar surface area (TPSA) is 56.7 Å². The van der Waals surface area contributed by atoms with Crippen LogP contribution in [-0.2, 0) is 4.79 Å². The van der Waals surface area contributed by atoms with Crippen LogP contribution in [0.25, 0.3) is 0 Å². The molecule has 0 atom stereocenters. The SMILES string of the molecule is CCC1CCC(NC(=NCC(=O)N(C)C)NCCSC)CC1. The van der Waals surface area contributed by atoms with Crippen LogP contribution in [0.3, 0.4) is 0 Å². The average molecular weight is 329 g/mol. The molecule has 0 aliphatic heterocycles. The Morgan fingerprint density at radius 3 is 2.50 bits per heavy atom. The van der Waals surface area contributed by atoms with E-state index in [1.807, 2.05) is 0 Å². The van der Waals surface area contributed by atoms with E-state index in [0.717, 1.165) is 24.2 Å². The Bertz CT molecular complexity index is 352. The Labute approximate surface area is 139 Å². The Balaban J connectivity index is 2.50. The summed E-state index contributed by atoms with van der Waals surface area (Å²) in [5.41, 5.74) is 0. The third-order valence-electron chi connectivity index (χ3n) is 4.23. The highest BCUT2D eigenvalue weighted by molar-refractivity contribution is 7.98. The Hall–Kier alpha value is -0.910. The van der Waals surface area contributed by atoms with Gasteiger partial charge < -0.3 is 15.5 Å². The van der Waals surface area contributed by atoms with E-state index < -0.39 is 0 Å². The summed E-state index contributed by atoms with van der Waals surface area (Å²) in [5, 5.41) is 6.85. The summed E-state index contributed by atoms with van der Waals surface area (Å²) in [7, 11) is 3.52. The summed E-state index contributed by atoms with van der Waals surface area (Å²) in [5.74, 6) is 2.73. The fourth-order valence-electron chi connectivity index (χ4n) is 2.62. The maximum atomic E-state index is 11.7. The van der Waals surface area contributed by atoms with Crippen molar-refractivity contribution in [1.82, 2.24) is 15.5 Å². The summed E-state index contributed by atoms with van der Waals surface area (Å²) in [6.45, 7) is 3.35. The molecule has 0 bridgehead atoms. The van der Waals surface area contributed by atoms with Gasteiger partial charge in [0.05, 0.1) is 0 Å². The predicted molar refractivity (Wildman–Crippen MR) is 96.6 cm³/mol. The molecule has 2 N–H and O–H groups in total. The van der Waals surface area contributed by atoms with Gasteiger partial charge in [-0.3, -0.25) is 4.79 Å². The molecule has 1 aliphatic carbocycles. The number of nitrogens with one attached hydrogen (secondary N) is 2. The van der Waals surface area contributed by atoms with E-state index in [2.05, 4.69) is 28.8 Å². The number of carbonyl (C=O) groups excluding carboxylic acids is 1. The number of carbonyl (C=O) groups is 1. The number of guanidine groups is 1. The number of hydrogen-bond acceptors (Lipinski definition) is 3. The lowest BCUT2D eigenvalue weighted by Gasteiger charge is -2.29. The van der Waals surface area contributed by atoms with Gasteiger partial charge in [0.15, 0.2) is 5.96 Å². The molecular formula is C16H32N4OS. The van der Waals surface area contributed by atoms with Gasteiger partial charge in [-0.1, -0.05) is 13.3 Å². The lowest BCUT2D eigenvalue weighted by molar-refractivity contribution is -0.127. The molecule has 0 spiro atoms. The molecule has 1 aliphatic rings. The maximum absolute atomic E-state index is 11.7. The van der Waals surface area contributed by atoms with Gasteiger partial charge in [0, 0.05) is 32.4 Å². The van der Waals surface area contributed by atoms with Crippen molar-refractivity contribution >= 4 is 23.6 Å². The summed E-state index contributed by atoms with van der Waals surface area (Å²) in [4.78, 5) is 17.7. The van der Waals surface area contributed by atoms with Gasteiger partial charge in [-0.25, -0.2) is 4.99 Å². The standard InChI is InChI=1S/C16H32N4OS/c1-5-13-6-8-14(9-7-13)19-16(17-10-11-22-4)18-12-15(21)20(2)3/h13-14H,5-12H2,1-4H3,(H2,17,18,19). The molecule has 0 unspecified atom stereocenters. The first-order chi connectivity index (χ1) is 10.6. The van der Waals surface area contributed by atoms with Crippen LogP contribution in [0, 0.1) is 5.92 Å². The van der Waals surface area contributed by atoms with Crippen molar-refractivity contribution in [3.05, 3.63) is 0 Å². The molecule has 0 aromatic heterocycles. The van der Waals surface area contributed by atoms with Crippen LogP contribution in [0.2, 0.25) is 0 Å². The highest BCUT2D eigenvalue weighted by Gasteiger charge is 2.20. The average Bonchev–Trinajstić information content (AvgIpc) is 2.52. The van der Waals surface area contributed by atoms with Crippen molar-refractivity contribution in [3.8, 4) is 0 Å². The van der Waals surface area contributed by atoms with Crippen molar-refractivity contribution in [3.63, 3.8) is 0 Å². The first kappa shape index (κ1) is 19.1. The minimum Gasteiger partial charge on any atom is -0.356 e. The van der Waals surface area contributed by atoms with Crippen LogP contribution in [0.1, 0.15) is 39.0 Å². The molecule has 0 aromatic carbocycles. The predicted octanol–water partition coefficient (Wildman–Crippen LogP) is 1.94. The van der Waals surface area contributed by atoms with E-state index in [1.165, 1.54) is 32.1 Å². The minimum absolute atomic E-state index is 0.0284. The molecule has 1 amide bonds. The molecule has 5 nitrogen and oxygen atoms in total. The van der Waals surface area contributed by atoms with E-state index >= 15 is 0 Å². The van der Waals surface area contributed by atoms with Crippen molar-refractivity contribution < 1.29 is 4.79 Å². The molecule has 1 fully saturated rings. The molecule has 0 heterocycles. The van der Waals surface area contributed by atoms with Gasteiger partial charge in [0.25, 0.3) is 0 Å². The maximum Gasteiger partial charge on any atom is 0.243 e. The molecule has 0 saturated heterocycles. The second kappa shape index (κ2) is 10.8. The van der Waals surface area contributed by atoms with E-state index in [9.17, 15) is 4.79 Å². The van der Waals surface area contributed by atoms with Crippen molar-refractivity contribution in [2.45, 2.75) is 45.1 Å². The molecule has 6 heteroatoms. The Morgan fingerprint density at radius 2 is 1.95 bits per heavy atom. The Kier molecular flexibility index (Phi) is 9.36. The zero-order valence-electron chi connectivity index (χ0n) is 14.5. The third kappa shape index (κ3) is 7.38. The van der Waals surface area contributed by atoms with E-state index in [0.29, 0.717) is 6.04 Å². The smallest absolute Gasteiger partial charge is 0.243 e. The number of rotatable bonds is 7. The molecule has 22 heavy (non-hydrogen) atoms. The minimum atomic E-state index is 0.0284. The summed E-state index contributed by atoms with van der Waals surface area (Å²) >= 11 is 1.80. The highest BCUT2D eigenvalue weighted by Crippen LogP contribution is 2.26. The van der Waals surface area contributed by atoms with Crippen LogP contribution in [0.5, 0.6) is 0 Å². The van der Waals surface area contributed by atoms with Gasteiger partial charge in [-0.2, -0.15) is 11.8 Å². The van der Waals surface area contributed by atoms with Crippen LogP contribution >= 0.6 is 11.8 Å². The van der Waals surface area contributed by atoms with Gasteiger partial charge in [0.2, 0.25) is 5.91 Å². The molecule has 1 saturated carbocycles. The summed E-state index contributed by atoms with van der Waals surface area (Å²) < 4.78 is 0. The van der Waals surface area contributed by atoms with Crippen molar-refractivity contribution in [2.24, 2.45) is 10.9 Å². The zero-order chi connectivity index (χ0) is 16.4. The largest absolute Gasteiger partial charge is 0.356 e. The molecule has 0 radical (unpaired) electrons. The first-order valence-corrected chi connectivity index (χ1v) is 9.70. The van der Waals surface area contributed by atoms with Crippen molar-refractivity contribution in [2.75, 3.05) is 39.2 Å².